The molecule has 0 aliphatic carbocycles. The van der Waals surface area contributed by atoms with Gasteiger partial charge in [0.1, 0.15) is 17.0 Å². The van der Waals surface area contributed by atoms with E-state index in [1.54, 1.807) is 24.7 Å². The molecule has 0 saturated heterocycles. The van der Waals surface area contributed by atoms with Gasteiger partial charge in [0.25, 0.3) is 0 Å². The number of rotatable bonds is 6. The lowest BCUT2D eigenvalue weighted by atomic mass is 10.2. The van der Waals surface area contributed by atoms with Gasteiger partial charge >= 0.3 is 0 Å². The molecule has 6 heteroatoms. The van der Waals surface area contributed by atoms with Crippen molar-refractivity contribution >= 4 is 11.3 Å². The maximum Gasteiger partial charge on any atom is 0.129 e. The van der Waals surface area contributed by atoms with Crippen LogP contribution in [0.15, 0.2) is 47.3 Å². The summed E-state index contributed by atoms with van der Waals surface area (Å²) >= 11 is 1.68. The van der Waals surface area contributed by atoms with Crippen LogP contribution in [0.3, 0.4) is 0 Å². The number of benzene rings is 1. The molecule has 22 heavy (non-hydrogen) atoms. The maximum absolute atomic E-state index is 5.40. The van der Waals surface area contributed by atoms with Gasteiger partial charge in [0.2, 0.25) is 0 Å². The predicted octanol–water partition coefficient (Wildman–Crippen LogP) is 3.44. The standard InChI is InChI=1S/C16H17N3O2S/c1-19(10-12-7-8-21-18-12)11-13-9-17-16(22-13)14-5-3-4-6-15(14)20-2/h3-9H,10-11H2,1-2H3. The van der Waals surface area contributed by atoms with E-state index >= 15 is 0 Å². The van der Waals surface area contributed by atoms with Crippen molar-refractivity contribution in [1.82, 2.24) is 15.0 Å². The van der Waals surface area contributed by atoms with Crippen molar-refractivity contribution in [2.24, 2.45) is 0 Å². The number of para-hydroxylation sites is 1. The van der Waals surface area contributed by atoms with Gasteiger partial charge in [-0.05, 0) is 19.2 Å². The fourth-order valence-electron chi connectivity index (χ4n) is 2.24. The topological polar surface area (TPSA) is 51.4 Å². The Morgan fingerprint density at radius 3 is 2.86 bits per heavy atom. The quantitative estimate of drug-likeness (QED) is 0.697. The van der Waals surface area contributed by atoms with Crippen molar-refractivity contribution in [2.75, 3.05) is 14.2 Å². The van der Waals surface area contributed by atoms with E-state index < -0.39 is 0 Å². The van der Waals surface area contributed by atoms with Crippen molar-refractivity contribution in [1.29, 1.82) is 0 Å². The van der Waals surface area contributed by atoms with Crippen LogP contribution in [-0.2, 0) is 13.1 Å². The Morgan fingerprint density at radius 1 is 1.23 bits per heavy atom. The van der Waals surface area contributed by atoms with Crippen LogP contribution in [0.5, 0.6) is 5.75 Å². The first-order chi connectivity index (χ1) is 10.8. The fourth-order valence-corrected chi connectivity index (χ4v) is 3.27. The van der Waals surface area contributed by atoms with Crippen LogP contribution >= 0.6 is 11.3 Å². The number of nitrogens with zero attached hydrogens (tertiary/aromatic N) is 3. The smallest absolute Gasteiger partial charge is 0.129 e. The summed E-state index contributed by atoms with van der Waals surface area (Å²) in [6.45, 7) is 1.57. The van der Waals surface area contributed by atoms with E-state index in [0.29, 0.717) is 0 Å². The van der Waals surface area contributed by atoms with Gasteiger partial charge in [-0.3, -0.25) is 4.90 Å². The molecule has 0 unspecified atom stereocenters. The number of methoxy groups -OCH3 is 1. The van der Waals surface area contributed by atoms with E-state index in [1.165, 1.54) is 4.88 Å². The molecule has 0 fully saturated rings. The second-order valence-corrected chi connectivity index (χ2v) is 6.11. The molecule has 0 saturated carbocycles. The SMILES string of the molecule is COc1ccccc1-c1ncc(CN(C)Cc2ccon2)s1. The highest BCUT2D eigenvalue weighted by Crippen LogP contribution is 2.32. The normalized spacial score (nSPS) is 11.0. The molecule has 0 aliphatic rings. The lowest BCUT2D eigenvalue weighted by molar-refractivity contribution is 0.306. The van der Waals surface area contributed by atoms with Gasteiger partial charge in [-0.15, -0.1) is 11.3 Å². The molecular formula is C16H17N3O2S. The second-order valence-electron chi connectivity index (χ2n) is 5.00. The average Bonchev–Trinajstić information content (AvgIpc) is 3.19. The molecule has 0 aliphatic heterocycles. The highest BCUT2D eigenvalue weighted by Gasteiger charge is 2.11. The van der Waals surface area contributed by atoms with Crippen molar-refractivity contribution in [3.63, 3.8) is 0 Å². The predicted molar refractivity (Wildman–Crippen MR) is 85.8 cm³/mol. The van der Waals surface area contributed by atoms with E-state index in [0.717, 1.165) is 35.1 Å². The third-order valence-electron chi connectivity index (χ3n) is 3.24. The first kappa shape index (κ1) is 14.7. The highest BCUT2D eigenvalue weighted by molar-refractivity contribution is 7.15. The van der Waals surface area contributed by atoms with Crippen LogP contribution in [0.2, 0.25) is 0 Å². The molecule has 3 aromatic rings. The molecule has 114 valence electrons. The van der Waals surface area contributed by atoms with Crippen LogP contribution in [0.4, 0.5) is 0 Å². The first-order valence-corrected chi connectivity index (χ1v) is 7.74. The summed E-state index contributed by atoms with van der Waals surface area (Å²) in [5.41, 5.74) is 1.96. The summed E-state index contributed by atoms with van der Waals surface area (Å²) < 4.78 is 10.3. The number of ether oxygens (including phenoxy) is 1. The molecule has 5 nitrogen and oxygen atoms in total. The molecule has 0 bridgehead atoms. The molecule has 0 N–H and O–H groups in total. The summed E-state index contributed by atoms with van der Waals surface area (Å²) in [7, 11) is 3.73. The number of thiazole rings is 1. The van der Waals surface area contributed by atoms with E-state index in [4.69, 9.17) is 9.26 Å². The minimum Gasteiger partial charge on any atom is -0.496 e. The lowest BCUT2D eigenvalue weighted by Gasteiger charge is -2.12. The number of hydrogen-bond donors (Lipinski definition) is 0. The van der Waals surface area contributed by atoms with E-state index in [1.807, 2.05) is 36.5 Å². The summed E-state index contributed by atoms with van der Waals surface area (Å²) in [5.74, 6) is 0.847. The molecule has 1 aromatic carbocycles. The number of hydrogen-bond acceptors (Lipinski definition) is 6. The molecule has 2 heterocycles. The van der Waals surface area contributed by atoms with Crippen molar-refractivity contribution in [3.05, 3.63) is 53.4 Å². The Kier molecular flexibility index (Phi) is 4.50. The monoisotopic (exact) mass is 315 g/mol. The van der Waals surface area contributed by atoms with Gasteiger partial charge in [-0.2, -0.15) is 0 Å². The molecule has 0 atom stereocenters. The minimum atomic E-state index is 0.748. The van der Waals surface area contributed by atoms with E-state index in [2.05, 4.69) is 22.1 Å². The summed E-state index contributed by atoms with van der Waals surface area (Å²) in [6, 6.07) is 9.81. The second kappa shape index (κ2) is 6.72. The van der Waals surface area contributed by atoms with Gasteiger partial charge in [0.15, 0.2) is 0 Å². The van der Waals surface area contributed by atoms with Crippen molar-refractivity contribution in [3.8, 4) is 16.3 Å². The Balaban J connectivity index is 1.71. The van der Waals surface area contributed by atoms with Gasteiger partial charge in [0.05, 0.1) is 18.4 Å². The van der Waals surface area contributed by atoms with E-state index in [-0.39, 0.29) is 0 Å². The van der Waals surface area contributed by atoms with E-state index in [9.17, 15) is 0 Å². The molecule has 0 amide bonds. The van der Waals surface area contributed by atoms with Crippen LogP contribution in [-0.4, -0.2) is 29.2 Å². The van der Waals surface area contributed by atoms with Gasteiger partial charge in [-0.25, -0.2) is 4.98 Å². The molecular weight excluding hydrogens is 298 g/mol. The van der Waals surface area contributed by atoms with Crippen LogP contribution in [0.1, 0.15) is 10.6 Å². The van der Waals surface area contributed by atoms with Crippen LogP contribution in [0.25, 0.3) is 10.6 Å². The van der Waals surface area contributed by atoms with Crippen LogP contribution < -0.4 is 4.74 Å². The summed E-state index contributed by atoms with van der Waals surface area (Å²) in [6.07, 6.45) is 3.52. The highest BCUT2D eigenvalue weighted by atomic mass is 32.1. The van der Waals surface area contributed by atoms with Crippen molar-refractivity contribution in [2.45, 2.75) is 13.1 Å². The average molecular weight is 315 g/mol. The zero-order chi connectivity index (χ0) is 15.4. The van der Waals surface area contributed by atoms with Crippen LogP contribution in [0, 0.1) is 0 Å². The Labute approximate surface area is 133 Å². The molecule has 3 rings (SSSR count). The Bertz CT molecular complexity index is 725. The molecule has 2 aromatic heterocycles. The largest absolute Gasteiger partial charge is 0.496 e. The van der Waals surface area contributed by atoms with Gasteiger partial charge < -0.3 is 9.26 Å². The zero-order valence-corrected chi connectivity index (χ0v) is 13.3. The first-order valence-electron chi connectivity index (χ1n) is 6.92. The van der Waals surface area contributed by atoms with Gasteiger partial charge in [0, 0.05) is 30.2 Å². The Hall–Kier alpha value is -2.18. The maximum atomic E-state index is 5.40. The zero-order valence-electron chi connectivity index (χ0n) is 12.5. The van der Waals surface area contributed by atoms with Crippen molar-refractivity contribution < 1.29 is 9.26 Å². The summed E-state index contributed by atoms with van der Waals surface area (Å²) in [4.78, 5) is 7.90. The molecule has 0 spiro atoms. The fraction of sp³-hybridized carbons (Fsp3) is 0.250. The Morgan fingerprint density at radius 2 is 2.09 bits per heavy atom. The summed E-state index contributed by atoms with van der Waals surface area (Å²) in [5, 5.41) is 4.90. The van der Waals surface area contributed by atoms with Gasteiger partial charge in [-0.1, -0.05) is 17.3 Å². The minimum absolute atomic E-state index is 0.748. The molecule has 0 radical (unpaired) electrons. The third kappa shape index (κ3) is 3.35. The lowest BCUT2D eigenvalue weighted by Crippen LogP contribution is -2.16. The third-order valence-corrected chi connectivity index (χ3v) is 4.26. The number of aromatic nitrogens is 2.